The second-order valence-corrected chi connectivity index (χ2v) is 6.48. The maximum Gasteiger partial charge on any atom is 0.339 e. The monoisotopic (exact) mass is 302 g/mol. The zero-order valence-electron chi connectivity index (χ0n) is 12.4. The average molecular weight is 302 g/mol. The molecule has 0 aromatic heterocycles. The third-order valence-corrected chi connectivity index (χ3v) is 2.49. The van der Waals surface area contributed by atoms with Crippen LogP contribution in [0.2, 0.25) is 0 Å². The number of hydrogen-bond acceptors (Lipinski definition) is 2. The number of rotatable bonds is 2. The van der Waals surface area contributed by atoms with E-state index < -0.39 is 11.6 Å². The zero-order chi connectivity index (χ0) is 14.1. The summed E-state index contributed by atoms with van der Waals surface area (Å²) >= 11 is 0. The number of benzene rings is 1. The summed E-state index contributed by atoms with van der Waals surface area (Å²) in [5.41, 5.74) is 0.719. The van der Waals surface area contributed by atoms with E-state index in [1.807, 2.05) is 26.8 Å². The van der Waals surface area contributed by atoms with Crippen LogP contribution in [0.5, 0.6) is 5.75 Å². The van der Waals surface area contributed by atoms with Crippen LogP contribution in [0.3, 0.4) is 0 Å². The van der Waals surface area contributed by atoms with Crippen molar-refractivity contribution in [3.8, 4) is 5.75 Å². The molecule has 0 fully saturated rings. The molecule has 0 unspecified atom stereocenters. The van der Waals surface area contributed by atoms with Gasteiger partial charge in [-0.3, -0.25) is 0 Å². The molecule has 0 amide bonds. The summed E-state index contributed by atoms with van der Waals surface area (Å²) in [6, 6.07) is 5.37. The number of carboxylic acid groups (broad SMARTS) is 1. The van der Waals surface area contributed by atoms with Gasteiger partial charge in [-0.15, -0.1) is 0 Å². The van der Waals surface area contributed by atoms with Crippen LogP contribution in [0.1, 0.15) is 57.5 Å². The Kier molecular flexibility index (Phi) is 5.68. The number of carbonyl (C=O) groups is 1. The van der Waals surface area contributed by atoms with Crippen molar-refractivity contribution in [2.75, 3.05) is 0 Å². The van der Waals surface area contributed by atoms with Gasteiger partial charge in [0.05, 0.1) is 0 Å². The van der Waals surface area contributed by atoms with Gasteiger partial charge in [-0.25, -0.2) is 4.79 Å². The van der Waals surface area contributed by atoms with Gasteiger partial charge in [-0.2, -0.15) is 0 Å². The summed E-state index contributed by atoms with van der Waals surface area (Å²) in [4.78, 5) is 11.3. The third-order valence-electron chi connectivity index (χ3n) is 2.49. The standard InChI is InChI=1S/C15H22O3.Cr/c1-14(2,3)10-7-8-12(18-15(4,5)6)11(9-10)13(16)17;/h7-9H,1-6H3,(H,16,17);. The molecule has 0 saturated heterocycles. The second-order valence-electron chi connectivity index (χ2n) is 6.48. The number of ether oxygens (including phenoxy) is 1. The van der Waals surface area contributed by atoms with Crippen molar-refractivity contribution in [2.45, 2.75) is 52.6 Å². The molecule has 1 aromatic rings. The van der Waals surface area contributed by atoms with E-state index in [9.17, 15) is 9.90 Å². The maximum absolute atomic E-state index is 11.3. The van der Waals surface area contributed by atoms with Crippen molar-refractivity contribution in [2.24, 2.45) is 0 Å². The molecule has 0 saturated carbocycles. The van der Waals surface area contributed by atoms with E-state index in [0.29, 0.717) is 5.75 Å². The molecular weight excluding hydrogens is 280 g/mol. The second kappa shape index (κ2) is 5.98. The molecule has 0 aliphatic carbocycles. The van der Waals surface area contributed by atoms with Crippen LogP contribution in [-0.4, -0.2) is 16.7 Å². The van der Waals surface area contributed by atoms with Gasteiger partial charge >= 0.3 is 5.97 Å². The largest absolute Gasteiger partial charge is 0.487 e. The molecule has 1 rings (SSSR count). The molecule has 19 heavy (non-hydrogen) atoms. The van der Waals surface area contributed by atoms with E-state index >= 15 is 0 Å². The smallest absolute Gasteiger partial charge is 0.339 e. The molecule has 3 nitrogen and oxygen atoms in total. The minimum absolute atomic E-state index is 0. The van der Waals surface area contributed by atoms with E-state index in [0.717, 1.165) is 5.56 Å². The topological polar surface area (TPSA) is 46.5 Å². The van der Waals surface area contributed by atoms with E-state index in [1.54, 1.807) is 12.1 Å². The van der Waals surface area contributed by atoms with Gasteiger partial charge in [0, 0.05) is 17.4 Å². The molecule has 0 aliphatic rings. The third kappa shape index (κ3) is 5.26. The Morgan fingerprint density at radius 3 is 2.00 bits per heavy atom. The zero-order valence-corrected chi connectivity index (χ0v) is 13.7. The van der Waals surface area contributed by atoms with Crippen molar-refractivity contribution in [3.05, 3.63) is 29.3 Å². The summed E-state index contributed by atoms with van der Waals surface area (Å²) in [6.07, 6.45) is 0. The molecule has 1 aromatic carbocycles. The summed E-state index contributed by atoms with van der Waals surface area (Å²) in [7, 11) is 0. The Bertz CT molecular complexity index is 453. The Hall–Kier alpha value is -0.978. The van der Waals surface area contributed by atoms with Crippen LogP contribution in [0.15, 0.2) is 18.2 Å². The van der Waals surface area contributed by atoms with Crippen molar-refractivity contribution < 1.29 is 32.0 Å². The Morgan fingerprint density at radius 2 is 1.63 bits per heavy atom. The first kappa shape index (κ1) is 18.0. The Balaban J connectivity index is 0.00000324. The summed E-state index contributed by atoms with van der Waals surface area (Å²) in [5, 5.41) is 9.27. The van der Waals surface area contributed by atoms with Crippen LogP contribution >= 0.6 is 0 Å². The molecule has 0 bridgehead atoms. The Morgan fingerprint density at radius 1 is 1.11 bits per heavy atom. The van der Waals surface area contributed by atoms with Crippen LogP contribution in [0, 0.1) is 0 Å². The first-order chi connectivity index (χ1) is 8.00. The molecule has 1 N–H and O–H groups in total. The number of carboxylic acids is 1. The number of hydrogen-bond donors (Lipinski definition) is 1. The van der Waals surface area contributed by atoms with Gasteiger partial charge in [-0.1, -0.05) is 26.8 Å². The summed E-state index contributed by atoms with van der Waals surface area (Å²) in [5.74, 6) is -0.539. The molecule has 0 spiro atoms. The van der Waals surface area contributed by atoms with Gasteiger partial charge in [0.2, 0.25) is 0 Å². The van der Waals surface area contributed by atoms with Gasteiger partial charge in [0.15, 0.2) is 0 Å². The van der Waals surface area contributed by atoms with Gasteiger partial charge in [-0.05, 0) is 43.9 Å². The first-order valence-electron chi connectivity index (χ1n) is 6.07. The van der Waals surface area contributed by atoms with Crippen molar-refractivity contribution in [3.63, 3.8) is 0 Å². The van der Waals surface area contributed by atoms with E-state index in [-0.39, 0.29) is 28.3 Å². The Labute approximate surface area is 126 Å². The fraction of sp³-hybridized carbons (Fsp3) is 0.533. The van der Waals surface area contributed by atoms with Crippen molar-refractivity contribution in [1.82, 2.24) is 0 Å². The van der Waals surface area contributed by atoms with Crippen LogP contribution in [-0.2, 0) is 22.8 Å². The SMILES string of the molecule is CC(C)(C)Oc1ccc(C(C)(C)C)cc1C(=O)O.[Cr]. The molecule has 4 heteroatoms. The van der Waals surface area contributed by atoms with E-state index in [2.05, 4.69) is 20.8 Å². The fourth-order valence-electron chi connectivity index (χ4n) is 1.58. The maximum atomic E-state index is 11.3. The van der Waals surface area contributed by atoms with Gasteiger partial charge in [0.1, 0.15) is 16.9 Å². The average Bonchev–Trinajstić information content (AvgIpc) is 2.13. The quantitative estimate of drug-likeness (QED) is 0.902. The normalized spacial score (nSPS) is 11.7. The predicted octanol–water partition coefficient (Wildman–Crippen LogP) is 3.86. The molecule has 0 aliphatic heterocycles. The number of aromatic carboxylic acids is 1. The van der Waals surface area contributed by atoms with Crippen LogP contribution in [0.4, 0.5) is 0 Å². The molecule has 0 radical (unpaired) electrons. The van der Waals surface area contributed by atoms with Crippen molar-refractivity contribution in [1.29, 1.82) is 0 Å². The fourth-order valence-corrected chi connectivity index (χ4v) is 1.58. The molecule has 0 heterocycles. The molecule has 0 atom stereocenters. The predicted molar refractivity (Wildman–Crippen MR) is 72.5 cm³/mol. The minimum atomic E-state index is -0.958. The van der Waals surface area contributed by atoms with Crippen LogP contribution in [0.25, 0.3) is 0 Å². The summed E-state index contributed by atoms with van der Waals surface area (Å²) in [6.45, 7) is 11.9. The van der Waals surface area contributed by atoms with Crippen LogP contribution < -0.4 is 4.74 Å². The van der Waals surface area contributed by atoms with Gasteiger partial charge < -0.3 is 9.84 Å². The first-order valence-corrected chi connectivity index (χ1v) is 6.07. The molecular formula is C15H22CrO3. The van der Waals surface area contributed by atoms with Gasteiger partial charge in [0.25, 0.3) is 0 Å². The minimum Gasteiger partial charge on any atom is -0.487 e. The summed E-state index contributed by atoms with van der Waals surface area (Å²) < 4.78 is 5.68. The molecule has 106 valence electrons. The van der Waals surface area contributed by atoms with Crippen molar-refractivity contribution >= 4 is 5.97 Å². The van der Waals surface area contributed by atoms with E-state index in [1.165, 1.54) is 0 Å². The van der Waals surface area contributed by atoms with E-state index in [4.69, 9.17) is 4.74 Å².